The summed E-state index contributed by atoms with van der Waals surface area (Å²) in [5.74, 6) is -0.327. The molecule has 1 nitrogen and oxygen atoms in total. The number of hydrogen-bond donors (Lipinski definition) is 1. The first-order valence-corrected chi connectivity index (χ1v) is 3.75. The highest BCUT2D eigenvalue weighted by molar-refractivity contribution is 5.43. The van der Waals surface area contributed by atoms with Crippen LogP contribution in [-0.4, -0.2) is 5.11 Å². The van der Waals surface area contributed by atoms with Crippen molar-refractivity contribution in [2.75, 3.05) is 0 Å². The second-order valence-electron chi connectivity index (χ2n) is 2.60. The van der Waals surface area contributed by atoms with E-state index in [4.69, 9.17) is 5.11 Å². The van der Waals surface area contributed by atoms with Crippen LogP contribution in [0.5, 0.6) is 5.75 Å². The van der Waals surface area contributed by atoms with Gasteiger partial charge in [-0.15, -0.1) is 0 Å². The number of hydrogen-bond acceptors (Lipinski definition) is 1. The van der Waals surface area contributed by atoms with Crippen molar-refractivity contribution in [3.8, 4) is 5.75 Å². The van der Waals surface area contributed by atoms with E-state index in [1.165, 1.54) is 12.1 Å². The molecule has 72 valence electrons. The third-order valence-electron chi connectivity index (χ3n) is 1.91. The Bertz CT molecular complexity index is 299. The molecular weight excluding hydrogens is 181 g/mol. The van der Waals surface area contributed by atoms with Crippen LogP contribution < -0.4 is 0 Å². The van der Waals surface area contributed by atoms with Crippen LogP contribution in [0.4, 0.5) is 13.2 Å². The van der Waals surface area contributed by atoms with Crippen molar-refractivity contribution in [1.29, 1.82) is 0 Å². The summed E-state index contributed by atoms with van der Waals surface area (Å²) >= 11 is 0. The molecule has 0 radical (unpaired) electrons. The topological polar surface area (TPSA) is 20.2 Å². The van der Waals surface area contributed by atoms with Gasteiger partial charge >= 0.3 is 0 Å². The van der Waals surface area contributed by atoms with E-state index < -0.39 is 20.0 Å². The quantitative estimate of drug-likeness (QED) is 0.776. The van der Waals surface area contributed by atoms with Gasteiger partial charge in [-0.25, -0.2) is 13.2 Å². The zero-order valence-electron chi connectivity index (χ0n) is 6.86. The van der Waals surface area contributed by atoms with E-state index in [2.05, 4.69) is 0 Å². The van der Waals surface area contributed by atoms with Crippen molar-refractivity contribution in [1.82, 2.24) is 0 Å². The minimum Gasteiger partial charge on any atom is -0.508 e. The van der Waals surface area contributed by atoms with E-state index >= 15 is 0 Å². The first-order valence-electron chi connectivity index (χ1n) is 3.75. The molecule has 13 heavy (non-hydrogen) atoms. The largest absolute Gasteiger partial charge is 0.508 e. The Morgan fingerprint density at radius 1 is 0.923 bits per heavy atom. The van der Waals surface area contributed by atoms with Gasteiger partial charge in [0.25, 0.3) is 0 Å². The average molecular weight is 190 g/mol. The standard InChI is InChI=1S/C9H9F3O/c10-3-6-1-2-9(13)8(5-12)7(6)4-11/h1-2,13H,3-5H2. The third-order valence-corrected chi connectivity index (χ3v) is 1.91. The molecule has 0 saturated carbocycles. The van der Waals surface area contributed by atoms with Crippen LogP contribution in [0, 0.1) is 0 Å². The summed E-state index contributed by atoms with van der Waals surface area (Å²) in [5.41, 5.74) is -0.143. The molecule has 0 amide bonds. The predicted molar refractivity (Wildman–Crippen MR) is 42.5 cm³/mol. The van der Waals surface area contributed by atoms with Gasteiger partial charge in [0.15, 0.2) is 0 Å². The van der Waals surface area contributed by atoms with Crippen LogP contribution in [-0.2, 0) is 20.0 Å². The molecule has 0 unspecified atom stereocenters. The Hall–Kier alpha value is -1.19. The number of rotatable bonds is 3. The Balaban J connectivity index is 3.27. The molecule has 1 aromatic carbocycles. The highest BCUT2D eigenvalue weighted by Gasteiger charge is 2.12. The highest BCUT2D eigenvalue weighted by atomic mass is 19.1. The van der Waals surface area contributed by atoms with Crippen LogP contribution in [0.2, 0.25) is 0 Å². The van der Waals surface area contributed by atoms with Gasteiger partial charge in [0.05, 0.1) is 0 Å². The second kappa shape index (κ2) is 4.16. The molecule has 1 rings (SSSR count). The molecule has 0 aliphatic carbocycles. The number of phenols is 1. The summed E-state index contributed by atoms with van der Waals surface area (Å²) in [7, 11) is 0. The summed E-state index contributed by atoms with van der Waals surface area (Å²) < 4.78 is 36.9. The maximum Gasteiger partial charge on any atom is 0.121 e. The van der Waals surface area contributed by atoms with Gasteiger partial charge in [-0.05, 0) is 17.2 Å². The van der Waals surface area contributed by atoms with Crippen molar-refractivity contribution in [3.63, 3.8) is 0 Å². The maximum atomic E-state index is 12.4. The van der Waals surface area contributed by atoms with Crippen molar-refractivity contribution in [3.05, 3.63) is 28.8 Å². The van der Waals surface area contributed by atoms with E-state index in [9.17, 15) is 13.2 Å². The van der Waals surface area contributed by atoms with Gasteiger partial charge in [-0.2, -0.15) is 0 Å². The molecule has 0 aliphatic rings. The molecule has 0 aliphatic heterocycles. The molecule has 0 heterocycles. The first-order chi connectivity index (χ1) is 6.24. The van der Waals surface area contributed by atoms with Crippen LogP contribution in [0.3, 0.4) is 0 Å². The molecule has 4 heteroatoms. The van der Waals surface area contributed by atoms with E-state index in [1.54, 1.807) is 0 Å². The summed E-state index contributed by atoms with van der Waals surface area (Å²) in [5, 5.41) is 9.11. The van der Waals surface area contributed by atoms with Gasteiger partial charge in [0.2, 0.25) is 0 Å². The lowest BCUT2D eigenvalue weighted by atomic mass is 10.0. The zero-order valence-corrected chi connectivity index (χ0v) is 6.86. The molecule has 0 atom stereocenters. The number of aromatic hydroxyl groups is 1. The zero-order chi connectivity index (χ0) is 9.84. The number of halogens is 3. The molecule has 0 spiro atoms. The van der Waals surface area contributed by atoms with Crippen molar-refractivity contribution < 1.29 is 18.3 Å². The van der Waals surface area contributed by atoms with E-state index in [-0.39, 0.29) is 22.4 Å². The highest BCUT2D eigenvalue weighted by Crippen LogP contribution is 2.26. The molecule has 0 fully saturated rings. The van der Waals surface area contributed by atoms with Crippen molar-refractivity contribution in [2.24, 2.45) is 0 Å². The first kappa shape index (κ1) is 9.89. The Labute approximate surface area is 73.8 Å². The average Bonchev–Trinajstić information content (AvgIpc) is 2.17. The Morgan fingerprint density at radius 3 is 2.00 bits per heavy atom. The monoisotopic (exact) mass is 190 g/mol. The molecule has 1 aromatic rings. The normalized spacial score (nSPS) is 10.4. The lowest BCUT2D eigenvalue weighted by molar-refractivity contribution is 0.410. The Kier molecular flexibility index (Phi) is 3.17. The maximum absolute atomic E-state index is 12.4. The smallest absolute Gasteiger partial charge is 0.121 e. The van der Waals surface area contributed by atoms with Crippen LogP contribution >= 0.6 is 0 Å². The summed E-state index contributed by atoms with van der Waals surface area (Å²) in [4.78, 5) is 0. The lowest BCUT2D eigenvalue weighted by Gasteiger charge is -2.08. The number of phenolic OH excluding ortho intramolecular Hbond substituents is 1. The molecule has 0 saturated heterocycles. The van der Waals surface area contributed by atoms with Crippen LogP contribution in [0.15, 0.2) is 12.1 Å². The minimum absolute atomic E-state index is 0.0787. The van der Waals surface area contributed by atoms with Crippen molar-refractivity contribution in [2.45, 2.75) is 20.0 Å². The fraction of sp³-hybridized carbons (Fsp3) is 0.333. The molecule has 1 N–H and O–H groups in total. The lowest BCUT2D eigenvalue weighted by Crippen LogP contribution is -1.96. The Morgan fingerprint density at radius 2 is 1.54 bits per heavy atom. The van der Waals surface area contributed by atoms with Gasteiger partial charge in [-0.3, -0.25) is 0 Å². The summed E-state index contributed by atoms with van der Waals surface area (Å²) in [6, 6.07) is 2.42. The number of benzene rings is 1. The van der Waals surface area contributed by atoms with Gasteiger partial charge in [0.1, 0.15) is 25.8 Å². The summed E-state index contributed by atoms with van der Waals surface area (Å²) in [6.07, 6.45) is 0. The number of alkyl halides is 3. The molecule has 0 bridgehead atoms. The summed E-state index contributed by atoms with van der Waals surface area (Å²) in [6.45, 7) is -2.81. The predicted octanol–water partition coefficient (Wildman–Crippen LogP) is 2.80. The van der Waals surface area contributed by atoms with Crippen LogP contribution in [0.1, 0.15) is 16.7 Å². The van der Waals surface area contributed by atoms with Crippen molar-refractivity contribution >= 4 is 0 Å². The molecule has 0 aromatic heterocycles. The minimum atomic E-state index is -0.987. The molecular formula is C9H9F3O. The van der Waals surface area contributed by atoms with E-state index in [0.717, 1.165) is 0 Å². The van der Waals surface area contributed by atoms with Gasteiger partial charge < -0.3 is 5.11 Å². The fourth-order valence-corrected chi connectivity index (χ4v) is 1.17. The van der Waals surface area contributed by atoms with Gasteiger partial charge in [0, 0.05) is 5.56 Å². The van der Waals surface area contributed by atoms with Crippen LogP contribution in [0.25, 0.3) is 0 Å². The van der Waals surface area contributed by atoms with E-state index in [0.29, 0.717) is 0 Å². The fourth-order valence-electron chi connectivity index (χ4n) is 1.17. The third kappa shape index (κ3) is 1.76. The second-order valence-corrected chi connectivity index (χ2v) is 2.60. The SMILES string of the molecule is Oc1ccc(CF)c(CF)c1CF. The van der Waals surface area contributed by atoms with E-state index in [1.807, 2.05) is 0 Å². The van der Waals surface area contributed by atoms with Gasteiger partial charge in [-0.1, -0.05) is 6.07 Å².